The molecule has 2 aromatic carbocycles. The quantitative estimate of drug-likeness (QED) is 0.390. The monoisotopic (exact) mass is 520 g/mol. The van der Waals surface area contributed by atoms with Crippen LogP contribution in [0.1, 0.15) is 63.8 Å². The molecular formula is C27H38O6P2. The zero-order chi connectivity index (χ0) is 25.5. The molecule has 2 aliphatic rings. The van der Waals surface area contributed by atoms with Gasteiger partial charge in [0.2, 0.25) is 0 Å². The van der Waals surface area contributed by atoms with E-state index in [9.17, 15) is 9.13 Å². The third-order valence-electron chi connectivity index (χ3n) is 6.64. The number of hydrogen-bond donors (Lipinski definition) is 0. The number of benzene rings is 2. The van der Waals surface area contributed by atoms with Crippen molar-refractivity contribution in [3.05, 3.63) is 70.8 Å². The highest BCUT2D eigenvalue weighted by Crippen LogP contribution is 2.61. The van der Waals surface area contributed by atoms with Crippen LogP contribution in [0, 0.1) is 5.41 Å². The lowest BCUT2D eigenvalue weighted by Gasteiger charge is -2.43. The summed E-state index contributed by atoms with van der Waals surface area (Å²) in [5.41, 5.74) is 3.57. The third-order valence-corrected chi connectivity index (χ3v) is 10.2. The van der Waals surface area contributed by atoms with Crippen molar-refractivity contribution in [2.24, 2.45) is 5.41 Å². The first-order valence-corrected chi connectivity index (χ1v) is 15.6. The molecule has 0 bridgehead atoms. The van der Waals surface area contributed by atoms with Crippen LogP contribution in [0.15, 0.2) is 48.5 Å². The van der Waals surface area contributed by atoms with Crippen molar-refractivity contribution in [3.8, 4) is 0 Å². The summed E-state index contributed by atoms with van der Waals surface area (Å²) in [5.74, 6) is 0. The van der Waals surface area contributed by atoms with E-state index in [4.69, 9.17) is 18.1 Å². The predicted octanol–water partition coefficient (Wildman–Crippen LogP) is 7.45. The predicted molar refractivity (Wildman–Crippen MR) is 139 cm³/mol. The van der Waals surface area contributed by atoms with Gasteiger partial charge in [0.05, 0.1) is 44.2 Å². The van der Waals surface area contributed by atoms with E-state index in [0.717, 1.165) is 16.7 Å². The Morgan fingerprint density at radius 2 is 1.23 bits per heavy atom. The zero-order valence-corrected chi connectivity index (χ0v) is 23.5. The fourth-order valence-electron chi connectivity index (χ4n) is 4.34. The van der Waals surface area contributed by atoms with Gasteiger partial charge in [0.25, 0.3) is 0 Å². The van der Waals surface area contributed by atoms with Crippen LogP contribution in [0.25, 0.3) is 0 Å². The average molecular weight is 521 g/mol. The van der Waals surface area contributed by atoms with Crippen molar-refractivity contribution in [1.29, 1.82) is 0 Å². The molecule has 4 rings (SSSR count). The van der Waals surface area contributed by atoms with Crippen LogP contribution in [0.3, 0.4) is 0 Å². The summed E-state index contributed by atoms with van der Waals surface area (Å²) in [6, 6.07) is 15.9. The maximum Gasteiger partial charge on any atom is 0.335 e. The second kappa shape index (κ2) is 9.56. The van der Waals surface area contributed by atoms with Gasteiger partial charge < -0.3 is 18.1 Å². The Labute approximate surface area is 209 Å². The first-order chi connectivity index (χ1) is 16.2. The van der Waals surface area contributed by atoms with E-state index < -0.39 is 20.6 Å². The van der Waals surface area contributed by atoms with Crippen molar-refractivity contribution in [1.82, 2.24) is 0 Å². The van der Waals surface area contributed by atoms with Crippen LogP contribution < -0.4 is 0 Å². The van der Waals surface area contributed by atoms with E-state index in [1.54, 1.807) is 0 Å². The number of rotatable bonds is 4. The van der Waals surface area contributed by atoms with Gasteiger partial charge in [-0.1, -0.05) is 90.1 Å². The van der Waals surface area contributed by atoms with Crippen LogP contribution >= 0.6 is 15.2 Å². The van der Waals surface area contributed by atoms with Crippen molar-refractivity contribution < 1.29 is 27.2 Å². The summed E-state index contributed by atoms with van der Waals surface area (Å²) in [7, 11) is -6.59. The summed E-state index contributed by atoms with van der Waals surface area (Å²) < 4.78 is 49.9. The second-order valence-corrected chi connectivity index (χ2v) is 16.1. The molecule has 0 aromatic heterocycles. The molecule has 0 amide bonds. The largest absolute Gasteiger partial charge is 0.335 e. The molecule has 2 aliphatic heterocycles. The van der Waals surface area contributed by atoms with Gasteiger partial charge in [0.15, 0.2) is 0 Å². The topological polar surface area (TPSA) is 71.1 Å². The summed E-state index contributed by atoms with van der Waals surface area (Å²) in [4.78, 5) is 0. The maximum absolute atomic E-state index is 13.6. The molecule has 6 nitrogen and oxygen atoms in total. The van der Waals surface area contributed by atoms with Gasteiger partial charge in [0, 0.05) is 0 Å². The van der Waals surface area contributed by atoms with Crippen LogP contribution in [0.5, 0.6) is 0 Å². The molecule has 0 N–H and O–H groups in total. The van der Waals surface area contributed by atoms with Gasteiger partial charge >= 0.3 is 15.2 Å². The molecule has 8 heteroatoms. The van der Waals surface area contributed by atoms with Gasteiger partial charge in [-0.25, -0.2) is 0 Å². The lowest BCUT2D eigenvalue weighted by molar-refractivity contribution is -0.0690. The van der Waals surface area contributed by atoms with E-state index in [1.807, 2.05) is 30.3 Å². The molecular weight excluding hydrogens is 482 g/mol. The molecule has 35 heavy (non-hydrogen) atoms. The standard InChI is InChI=1S/C27H38O6P2/c1-25(2,3)23-13-12-22(24(14-23)26(4,5)6)16-35(29)32-19-27(20-33-35)17-30-34(28,31-18-27)15-21-10-8-7-9-11-21/h7-14H,15-20H2,1-6H3. The molecule has 192 valence electrons. The van der Waals surface area contributed by atoms with Crippen LogP contribution in [-0.4, -0.2) is 26.4 Å². The first kappa shape index (κ1) is 26.8. The Hall–Kier alpha value is -1.26. The Morgan fingerprint density at radius 3 is 1.71 bits per heavy atom. The Kier molecular flexibility index (Phi) is 7.32. The van der Waals surface area contributed by atoms with E-state index in [2.05, 4.69) is 59.7 Å². The van der Waals surface area contributed by atoms with E-state index in [0.29, 0.717) is 0 Å². The SMILES string of the molecule is CC(C)(C)c1ccc(CP2(=O)OCC3(COP(=O)(Cc4ccccc4)OC3)CO2)c(C(C)(C)C)c1. The van der Waals surface area contributed by atoms with E-state index in [-0.39, 0.29) is 49.6 Å². The van der Waals surface area contributed by atoms with Crippen LogP contribution in [0.2, 0.25) is 0 Å². The van der Waals surface area contributed by atoms with Gasteiger partial charge in [0.1, 0.15) is 0 Å². The van der Waals surface area contributed by atoms with Crippen LogP contribution in [0.4, 0.5) is 0 Å². The molecule has 1 spiro atoms. The van der Waals surface area contributed by atoms with Crippen molar-refractivity contribution >= 4 is 15.2 Å². The maximum atomic E-state index is 13.6. The highest BCUT2D eigenvalue weighted by molar-refractivity contribution is 7.53. The number of hydrogen-bond acceptors (Lipinski definition) is 6. The Bertz CT molecular complexity index is 1120. The highest BCUT2D eigenvalue weighted by atomic mass is 31.2. The Morgan fingerprint density at radius 1 is 0.714 bits per heavy atom. The van der Waals surface area contributed by atoms with Crippen molar-refractivity contribution in [2.45, 2.75) is 64.7 Å². The van der Waals surface area contributed by atoms with Gasteiger partial charge in [-0.3, -0.25) is 9.13 Å². The summed E-state index contributed by atoms with van der Waals surface area (Å²) in [6.07, 6.45) is 0.443. The molecule has 0 atom stereocenters. The molecule has 2 saturated heterocycles. The van der Waals surface area contributed by atoms with Gasteiger partial charge in [-0.2, -0.15) is 0 Å². The highest BCUT2D eigenvalue weighted by Gasteiger charge is 2.48. The normalized spacial score (nSPS) is 29.9. The third kappa shape index (κ3) is 6.36. The average Bonchev–Trinajstić information content (AvgIpc) is 2.78. The zero-order valence-electron chi connectivity index (χ0n) is 21.7. The molecule has 2 aromatic rings. The summed E-state index contributed by atoms with van der Waals surface area (Å²) in [6.45, 7) is 13.8. The van der Waals surface area contributed by atoms with Gasteiger partial charge in [-0.15, -0.1) is 0 Å². The van der Waals surface area contributed by atoms with Crippen molar-refractivity contribution in [3.63, 3.8) is 0 Å². The second-order valence-electron chi connectivity index (χ2n) is 12.0. The van der Waals surface area contributed by atoms with E-state index >= 15 is 0 Å². The van der Waals surface area contributed by atoms with Gasteiger partial charge in [-0.05, 0) is 33.1 Å². The first-order valence-electron chi connectivity index (χ1n) is 12.2. The minimum atomic E-state index is -3.35. The molecule has 2 fully saturated rings. The summed E-state index contributed by atoms with van der Waals surface area (Å²) in [5, 5.41) is 0. The molecule has 2 heterocycles. The molecule has 0 saturated carbocycles. The fraction of sp³-hybridized carbons (Fsp3) is 0.556. The fourth-order valence-corrected chi connectivity index (χ4v) is 8.09. The minimum absolute atomic E-state index is 0.0218. The molecule has 0 unspecified atom stereocenters. The lowest BCUT2D eigenvalue weighted by Crippen LogP contribution is -2.45. The molecule has 0 radical (unpaired) electrons. The molecule has 0 aliphatic carbocycles. The van der Waals surface area contributed by atoms with E-state index in [1.165, 1.54) is 5.56 Å². The smallest absolute Gasteiger partial charge is 0.307 e. The lowest BCUT2D eigenvalue weighted by atomic mass is 9.79. The minimum Gasteiger partial charge on any atom is -0.307 e. The van der Waals surface area contributed by atoms with Crippen LogP contribution in [-0.2, 0) is 50.4 Å². The summed E-state index contributed by atoms with van der Waals surface area (Å²) >= 11 is 0. The Balaban J connectivity index is 1.42. The van der Waals surface area contributed by atoms with Crippen molar-refractivity contribution in [2.75, 3.05) is 26.4 Å².